The largest absolute Gasteiger partial charge is 0.510 e. The molecule has 3 N–H and O–H groups in total. The van der Waals surface area contributed by atoms with E-state index in [1.807, 2.05) is 0 Å². The van der Waals surface area contributed by atoms with Crippen molar-refractivity contribution >= 4 is 8.03 Å². The van der Waals surface area contributed by atoms with Gasteiger partial charge in [-0.05, 0) is 18.4 Å². The quantitative estimate of drug-likeness (QED) is 0.542. The van der Waals surface area contributed by atoms with E-state index in [1.165, 1.54) is 0 Å². The van der Waals surface area contributed by atoms with Gasteiger partial charge in [0.2, 0.25) is 0 Å². The highest BCUT2D eigenvalue weighted by Crippen LogP contribution is 2.22. The Morgan fingerprint density at radius 2 is 2.00 bits per heavy atom. The Bertz CT molecular complexity index is 94.0. The molecule has 0 aliphatic heterocycles. The third-order valence-corrected chi connectivity index (χ3v) is 2.28. The van der Waals surface area contributed by atoms with Crippen molar-refractivity contribution < 1.29 is 9.46 Å². The van der Waals surface area contributed by atoms with E-state index in [-0.39, 0.29) is 11.7 Å². The summed E-state index contributed by atoms with van der Waals surface area (Å²) in [5.41, 5.74) is 5.01. The van der Waals surface area contributed by atoms with Crippen LogP contribution in [0.1, 0.15) is 13.8 Å². The first-order chi connectivity index (χ1) is 3.55. The molecule has 0 saturated heterocycles. The van der Waals surface area contributed by atoms with Crippen LogP contribution >= 0.6 is 8.03 Å². The average Bonchev–Trinajstić information content (AvgIpc) is 1.64. The van der Waals surface area contributed by atoms with Gasteiger partial charge in [0.25, 0.3) is 0 Å². The Morgan fingerprint density at radius 1 is 1.62 bits per heavy atom. The summed E-state index contributed by atoms with van der Waals surface area (Å²) >= 11 is 0. The molecule has 0 aromatic heterocycles. The molecule has 0 aromatic carbocycles. The number of nitrogens with two attached hydrogens (primary N) is 1. The van der Waals surface area contributed by atoms with Gasteiger partial charge in [-0.25, -0.2) is 0 Å². The highest BCUT2D eigenvalue weighted by molar-refractivity contribution is 7.38. The maximum atomic E-state index is 10.2. The summed E-state index contributed by atoms with van der Waals surface area (Å²) in [6, 6.07) is -0.191. The van der Waals surface area contributed by atoms with E-state index < -0.39 is 8.03 Å². The SMILES string of the molecule is CC(N)C(C)[P+](=O)O. The Morgan fingerprint density at radius 3 is 2.00 bits per heavy atom. The van der Waals surface area contributed by atoms with Crippen molar-refractivity contribution in [2.45, 2.75) is 25.5 Å². The van der Waals surface area contributed by atoms with Gasteiger partial charge in [-0.2, -0.15) is 4.89 Å². The molecule has 3 nitrogen and oxygen atoms in total. The monoisotopic (exact) mass is 136 g/mol. The van der Waals surface area contributed by atoms with E-state index in [2.05, 4.69) is 0 Å². The van der Waals surface area contributed by atoms with Crippen LogP contribution in [-0.2, 0) is 4.57 Å². The van der Waals surface area contributed by atoms with E-state index in [4.69, 9.17) is 10.6 Å². The summed E-state index contributed by atoms with van der Waals surface area (Å²) < 4.78 is 10.2. The third kappa shape index (κ3) is 2.36. The van der Waals surface area contributed by atoms with Crippen molar-refractivity contribution in [1.29, 1.82) is 0 Å². The molecule has 0 bridgehead atoms. The predicted octanol–water partition coefficient (Wildman–Crippen LogP) is 0.457. The van der Waals surface area contributed by atoms with Crippen LogP contribution in [-0.4, -0.2) is 16.6 Å². The molecule has 0 aliphatic carbocycles. The maximum absolute atomic E-state index is 10.2. The van der Waals surface area contributed by atoms with Crippen LogP contribution in [0.25, 0.3) is 0 Å². The first-order valence-corrected chi connectivity index (χ1v) is 3.74. The molecule has 48 valence electrons. The zero-order valence-electron chi connectivity index (χ0n) is 5.03. The molecule has 3 atom stereocenters. The fourth-order valence-corrected chi connectivity index (χ4v) is 0.603. The first kappa shape index (κ1) is 8.02. The Kier molecular flexibility index (Phi) is 3.13. The molecule has 0 spiro atoms. The van der Waals surface area contributed by atoms with Crippen molar-refractivity contribution in [3.8, 4) is 0 Å². The Labute approximate surface area is 49.8 Å². The van der Waals surface area contributed by atoms with Crippen LogP contribution in [0.4, 0.5) is 0 Å². The predicted molar refractivity (Wildman–Crippen MR) is 32.9 cm³/mol. The molecule has 8 heavy (non-hydrogen) atoms. The topological polar surface area (TPSA) is 63.3 Å². The van der Waals surface area contributed by atoms with E-state index in [1.54, 1.807) is 13.8 Å². The normalized spacial score (nSPS) is 19.8. The van der Waals surface area contributed by atoms with Gasteiger partial charge in [0.05, 0.1) is 6.04 Å². The highest BCUT2D eigenvalue weighted by Gasteiger charge is 2.26. The van der Waals surface area contributed by atoms with Gasteiger partial charge in [0.1, 0.15) is 0 Å². The van der Waals surface area contributed by atoms with Gasteiger partial charge in [0, 0.05) is 0 Å². The molecule has 0 amide bonds. The van der Waals surface area contributed by atoms with Crippen LogP contribution in [0.5, 0.6) is 0 Å². The average molecular weight is 136 g/mol. The molecular formula is C4H11NO2P+. The molecule has 0 rings (SSSR count). The van der Waals surface area contributed by atoms with E-state index in [9.17, 15) is 4.57 Å². The van der Waals surface area contributed by atoms with Gasteiger partial charge in [-0.15, -0.1) is 0 Å². The zero-order valence-corrected chi connectivity index (χ0v) is 5.93. The summed E-state index contributed by atoms with van der Waals surface area (Å²) in [4.78, 5) is 8.42. The Balaban J connectivity index is 3.64. The molecule has 0 radical (unpaired) electrons. The van der Waals surface area contributed by atoms with Gasteiger partial charge >= 0.3 is 8.03 Å². The van der Waals surface area contributed by atoms with Crippen molar-refractivity contribution in [2.24, 2.45) is 5.73 Å². The lowest BCUT2D eigenvalue weighted by Crippen LogP contribution is -2.25. The number of hydrogen-bond acceptors (Lipinski definition) is 2. The van der Waals surface area contributed by atoms with Crippen LogP contribution in [0, 0.1) is 0 Å². The lowest BCUT2D eigenvalue weighted by molar-refractivity contribution is 0.482. The first-order valence-electron chi connectivity index (χ1n) is 2.46. The van der Waals surface area contributed by atoms with Crippen molar-refractivity contribution in [1.82, 2.24) is 0 Å². The number of rotatable bonds is 2. The molecule has 0 fully saturated rings. The standard InChI is InChI=1S/C4H10NO2P/c1-3(5)4(2)8(6)7/h3-4H,5H2,1-2H3/p+1. The Hall–Kier alpha value is 0.0200. The van der Waals surface area contributed by atoms with E-state index >= 15 is 0 Å². The number of hydrogen-bond donors (Lipinski definition) is 2. The fourth-order valence-electron chi connectivity index (χ4n) is 0.201. The summed E-state index contributed by atoms with van der Waals surface area (Å²) in [5, 5.41) is 0. The smallest absolute Gasteiger partial charge is 0.324 e. The third-order valence-electron chi connectivity index (χ3n) is 1.11. The van der Waals surface area contributed by atoms with Crippen LogP contribution in [0.15, 0.2) is 0 Å². The molecular weight excluding hydrogens is 125 g/mol. The molecule has 0 aromatic rings. The van der Waals surface area contributed by atoms with Crippen molar-refractivity contribution in [3.63, 3.8) is 0 Å². The van der Waals surface area contributed by atoms with E-state index in [0.29, 0.717) is 0 Å². The summed E-state index contributed by atoms with van der Waals surface area (Å²) in [6.45, 7) is 3.37. The van der Waals surface area contributed by atoms with Crippen molar-refractivity contribution in [2.75, 3.05) is 0 Å². The molecule has 0 aliphatic rings. The maximum Gasteiger partial charge on any atom is 0.510 e. The summed E-state index contributed by atoms with van der Waals surface area (Å²) in [6.07, 6.45) is 0. The van der Waals surface area contributed by atoms with Crippen molar-refractivity contribution in [3.05, 3.63) is 0 Å². The summed E-state index contributed by atoms with van der Waals surface area (Å²) in [7, 11) is -2.08. The van der Waals surface area contributed by atoms with Crippen LogP contribution in [0.2, 0.25) is 0 Å². The lowest BCUT2D eigenvalue weighted by Gasteiger charge is -1.98. The molecule has 0 heterocycles. The zero-order chi connectivity index (χ0) is 6.73. The second-order valence-corrected chi connectivity index (χ2v) is 3.32. The second kappa shape index (κ2) is 3.13. The highest BCUT2D eigenvalue weighted by atomic mass is 31.1. The second-order valence-electron chi connectivity index (χ2n) is 1.90. The minimum atomic E-state index is -2.08. The van der Waals surface area contributed by atoms with Crippen LogP contribution in [0.3, 0.4) is 0 Å². The molecule has 4 heteroatoms. The molecule has 0 saturated carbocycles. The van der Waals surface area contributed by atoms with E-state index in [0.717, 1.165) is 0 Å². The summed E-state index contributed by atoms with van der Waals surface area (Å²) in [5.74, 6) is 0. The lowest BCUT2D eigenvalue weighted by atomic mass is 10.3. The molecule has 3 unspecified atom stereocenters. The van der Waals surface area contributed by atoms with Gasteiger partial charge in [0.15, 0.2) is 5.66 Å². The van der Waals surface area contributed by atoms with Crippen LogP contribution < -0.4 is 5.73 Å². The van der Waals surface area contributed by atoms with Gasteiger partial charge in [-0.3, -0.25) is 0 Å². The van der Waals surface area contributed by atoms with Gasteiger partial charge < -0.3 is 5.73 Å². The fraction of sp³-hybridized carbons (Fsp3) is 1.00. The minimum absolute atomic E-state index is 0.191. The van der Waals surface area contributed by atoms with Gasteiger partial charge in [-0.1, -0.05) is 0 Å². The minimum Gasteiger partial charge on any atom is -0.324 e.